The van der Waals surface area contributed by atoms with Crippen LogP contribution < -0.4 is 4.72 Å². The molecule has 0 aromatic carbocycles. The van der Waals surface area contributed by atoms with Gasteiger partial charge in [-0.25, -0.2) is 4.72 Å². The molecule has 1 aromatic heterocycles. The largest absolute Gasteiger partial charge is 0.364 e. The van der Waals surface area contributed by atoms with Gasteiger partial charge in [0.1, 0.15) is 6.26 Å². The Kier molecular flexibility index (Phi) is 4.95. The predicted octanol–water partition coefficient (Wildman–Crippen LogP) is 1.17. The van der Waals surface area contributed by atoms with Gasteiger partial charge in [-0.15, -0.1) is 0 Å². The molecule has 0 amide bonds. The maximum Gasteiger partial charge on any atom is 0.279 e. The minimum Gasteiger partial charge on any atom is -0.364 e. The SMILES string of the molecule is CCC1CCN(S(=O)(=O)NCCc2cnoc2)CC1. The Morgan fingerprint density at radius 2 is 2.21 bits per heavy atom. The molecule has 1 aliphatic rings. The molecule has 1 aromatic rings. The molecule has 1 fully saturated rings. The highest BCUT2D eigenvalue weighted by Gasteiger charge is 2.26. The quantitative estimate of drug-likeness (QED) is 0.852. The Balaban J connectivity index is 1.78. The standard InChI is InChI=1S/C12H21N3O3S/c1-2-11-4-7-15(8-5-11)19(16,17)14-6-3-12-9-13-18-10-12/h9-11,14H,2-8H2,1H3. The summed E-state index contributed by atoms with van der Waals surface area (Å²) in [6.07, 6.45) is 6.77. The second-order valence-corrected chi connectivity index (χ2v) is 6.69. The maximum absolute atomic E-state index is 12.1. The molecule has 0 bridgehead atoms. The van der Waals surface area contributed by atoms with E-state index in [1.165, 1.54) is 6.26 Å². The third kappa shape index (κ3) is 4.02. The van der Waals surface area contributed by atoms with Crippen molar-refractivity contribution in [3.8, 4) is 0 Å². The molecule has 1 aliphatic heterocycles. The maximum atomic E-state index is 12.1. The summed E-state index contributed by atoms with van der Waals surface area (Å²) in [5.74, 6) is 0.670. The van der Waals surface area contributed by atoms with Gasteiger partial charge in [-0.3, -0.25) is 0 Å². The van der Waals surface area contributed by atoms with Crippen LogP contribution in [0.25, 0.3) is 0 Å². The molecule has 1 N–H and O–H groups in total. The molecule has 0 atom stereocenters. The minimum atomic E-state index is -3.34. The molecule has 6 nitrogen and oxygen atoms in total. The van der Waals surface area contributed by atoms with E-state index in [2.05, 4.69) is 16.8 Å². The molecule has 0 saturated carbocycles. The van der Waals surface area contributed by atoms with Gasteiger partial charge in [-0.1, -0.05) is 18.5 Å². The molecular weight excluding hydrogens is 266 g/mol. The normalized spacial score (nSPS) is 18.8. The van der Waals surface area contributed by atoms with E-state index in [1.54, 1.807) is 10.5 Å². The van der Waals surface area contributed by atoms with E-state index in [4.69, 9.17) is 4.52 Å². The average Bonchev–Trinajstić information content (AvgIpc) is 2.92. The fraction of sp³-hybridized carbons (Fsp3) is 0.750. The highest BCUT2D eigenvalue weighted by molar-refractivity contribution is 7.87. The van der Waals surface area contributed by atoms with Crippen molar-refractivity contribution >= 4 is 10.2 Å². The first-order chi connectivity index (χ1) is 9.12. The summed E-state index contributed by atoms with van der Waals surface area (Å²) >= 11 is 0. The highest BCUT2D eigenvalue weighted by atomic mass is 32.2. The molecule has 2 rings (SSSR count). The minimum absolute atomic E-state index is 0.372. The van der Waals surface area contributed by atoms with Crippen LogP contribution in [0.2, 0.25) is 0 Å². The fourth-order valence-corrected chi connectivity index (χ4v) is 3.56. The Bertz CT molecular complexity index is 464. The van der Waals surface area contributed by atoms with E-state index < -0.39 is 10.2 Å². The van der Waals surface area contributed by atoms with Crippen LogP contribution in [0.5, 0.6) is 0 Å². The number of nitrogens with zero attached hydrogens (tertiary/aromatic N) is 2. The molecule has 108 valence electrons. The highest BCUT2D eigenvalue weighted by Crippen LogP contribution is 2.21. The van der Waals surface area contributed by atoms with Gasteiger partial charge in [0.25, 0.3) is 10.2 Å². The van der Waals surface area contributed by atoms with Crippen LogP contribution in [-0.4, -0.2) is 37.5 Å². The summed E-state index contributed by atoms with van der Waals surface area (Å²) in [7, 11) is -3.34. The number of aromatic nitrogens is 1. The van der Waals surface area contributed by atoms with Gasteiger partial charge in [0, 0.05) is 25.2 Å². The third-order valence-electron chi connectivity index (χ3n) is 3.67. The van der Waals surface area contributed by atoms with Crippen LogP contribution in [0.3, 0.4) is 0 Å². The lowest BCUT2D eigenvalue weighted by molar-refractivity contribution is 0.266. The summed E-state index contributed by atoms with van der Waals surface area (Å²) in [5, 5.41) is 3.58. The topological polar surface area (TPSA) is 75.4 Å². The first kappa shape index (κ1) is 14.5. The van der Waals surface area contributed by atoms with Crippen molar-refractivity contribution in [2.75, 3.05) is 19.6 Å². The van der Waals surface area contributed by atoms with Crippen molar-refractivity contribution < 1.29 is 12.9 Å². The summed E-state index contributed by atoms with van der Waals surface area (Å²) in [5.41, 5.74) is 0.896. The Morgan fingerprint density at radius 3 is 2.79 bits per heavy atom. The van der Waals surface area contributed by atoms with Crippen molar-refractivity contribution in [1.82, 2.24) is 14.2 Å². The van der Waals surface area contributed by atoms with Gasteiger partial charge in [-0.05, 0) is 25.2 Å². The van der Waals surface area contributed by atoms with Crippen LogP contribution in [0, 0.1) is 5.92 Å². The third-order valence-corrected chi connectivity index (χ3v) is 5.29. The van der Waals surface area contributed by atoms with Gasteiger partial charge in [0.2, 0.25) is 0 Å². The smallest absolute Gasteiger partial charge is 0.279 e. The molecule has 2 heterocycles. The number of nitrogens with one attached hydrogen (secondary N) is 1. The molecule has 0 unspecified atom stereocenters. The lowest BCUT2D eigenvalue weighted by Gasteiger charge is -2.30. The lowest BCUT2D eigenvalue weighted by atomic mass is 9.96. The summed E-state index contributed by atoms with van der Waals surface area (Å²) in [6, 6.07) is 0. The van der Waals surface area contributed by atoms with Crippen LogP contribution in [0.4, 0.5) is 0 Å². The first-order valence-corrected chi connectivity index (χ1v) is 8.19. The van der Waals surface area contributed by atoms with Crippen LogP contribution >= 0.6 is 0 Å². The van der Waals surface area contributed by atoms with Gasteiger partial charge in [0.15, 0.2) is 0 Å². The van der Waals surface area contributed by atoms with Crippen molar-refractivity contribution in [2.45, 2.75) is 32.6 Å². The number of piperidine rings is 1. The van der Waals surface area contributed by atoms with Crippen molar-refractivity contribution in [1.29, 1.82) is 0 Å². The fourth-order valence-electron chi connectivity index (χ4n) is 2.32. The lowest BCUT2D eigenvalue weighted by Crippen LogP contribution is -2.45. The average molecular weight is 287 g/mol. The molecule has 1 saturated heterocycles. The van der Waals surface area contributed by atoms with Gasteiger partial charge >= 0.3 is 0 Å². The second-order valence-electron chi connectivity index (χ2n) is 4.93. The zero-order chi connectivity index (χ0) is 13.7. The van der Waals surface area contributed by atoms with Gasteiger partial charge in [0.05, 0.1) is 6.20 Å². The Hall–Kier alpha value is -0.920. The number of hydrogen-bond donors (Lipinski definition) is 1. The number of hydrogen-bond acceptors (Lipinski definition) is 4. The van der Waals surface area contributed by atoms with Gasteiger partial charge in [-0.2, -0.15) is 12.7 Å². The predicted molar refractivity (Wildman–Crippen MR) is 71.7 cm³/mol. The second kappa shape index (κ2) is 6.49. The van der Waals surface area contributed by atoms with E-state index in [0.29, 0.717) is 32.0 Å². The molecule has 0 radical (unpaired) electrons. The van der Waals surface area contributed by atoms with E-state index >= 15 is 0 Å². The van der Waals surface area contributed by atoms with Crippen molar-refractivity contribution in [2.24, 2.45) is 5.92 Å². The molecule has 7 heteroatoms. The summed E-state index contributed by atoms with van der Waals surface area (Å²) in [6.45, 7) is 3.78. The van der Waals surface area contributed by atoms with Crippen molar-refractivity contribution in [3.63, 3.8) is 0 Å². The van der Waals surface area contributed by atoms with Crippen LogP contribution in [-0.2, 0) is 16.6 Å². The molecular formula is C12H21N3O3S. The molecule has 0 aliphatic carbocycles. The monoisotopic (exact) mass is 287 g/mol. The van der Waals surface area contributed by atoms with E-state index in [0.717, 1.165) is 24.8 Å². The number of rotatable bonds is 6. The van der Waals surface area contributed by atoms with E-state index in [1.807, 2.05) is 0 Å². The van der Waals surface area contributed by atoms with Crippen LogP contribution in [0.1, 0.15) is 31.7 Å². The zero-order valence-corrected chi connectivity index (χ0v) is 12.0. The van der Waals surface area contributed by atoms with E-state index in [-0.39, 0.29) is 0 Å². The van der Waals surface area contributed by atoms with Crippen LogP contribution in [0.15, 0.2) is 17.0 Å². The molecule has 0 spiro atoms. The summed E-state index contributed by atoms with van der Waals surface area (Å²) in [4.78, 5) is 0. The van der Waals surface area contributed by atoms with Crippen molar-refractivity contribution in [3.05, 3.63) is 18.0 Å². The first-order valence-electron chi connectivity index (χ1n) is 6.75. The molecule has 19 heavy (non-hydrogen) atoms. The Morgan fingerprint density at radius 1 is 1.47 bits per heavy atom. The summed E-state index contributed by atoms with van der Waals surface area (Å²) < 4.78 is 33.0. The zero-order valence-electron chi connectivity index (χ0n) is 11.2. The van der Waals surface area contributed by atoms with Gasteiger partial charge < -0.3 is 4.52 Å². The van der Waals surface area contributed by atoms with E-state index in [9.17, 15) is 8.42 Å². The Labute approximate surface area is 114 Å².